The number of hydrogen-bond donors (Lipinski definition) is 2. The van der Waals surface area contributed by atoms with E-state index in [1.165, 1.54) is 28.5 Å². The van der Waals surface area contributed by atoms with E-state index in [0.29, 0.717) is 29.5 Å². The molecule has 0 aliphatic carbocycles. The number of aromatic nitrogens is 1. The van der Waals surface area contributed by atoms with Gasteiger partial charge in [0.2, 0.25) is 0 Å². The van der Waals surface area contributed by atoms with Gasteiger partial charge >= 0.3 is 12.1 Å². The molecule has 0 radical (unpaired) electrons. The van der Waals surface area contributed by atoms with Crippen molar-refractivity contribution in [2.45, 2.75) is 55.7 Å². The first-order valence-electron chi connectivity index (χ1n) is 8.91. The second kappa shape index (κ2) is 9.96. The third-order valence-electron chi connectivity index (χ3n) is 4.01. The molecule has 1 fully saturated rings. The van der Waals surface area contributed by atoms with E-state index in [1.807, 2.05) is 26.0 Å². The summed E-state index contributed by atoms with van der Waals surface area (Å²) in [4.78, 5) is 28.7. The first kappa shape index (κ1) is 22.3. The van der Waals surface area contributed by atoms with Gasteiger partial charge in [-0.1, -0.05) is 36.8 Å². The average Bonchev–Trinajstić information content (AvgIpc) is 3.19. The smallest absolute Gasteiger partial charge is 0.410 e. The van der Waals surface area contributed by atoms with Crippen LogP contribution in [0.25, 0.3) is 0 Å². The summed E-state index contributed by atoms with van der Waals surface area (Å²) in [5.41, 5.74) is -1.08. The van der Waals surface area contributed by atoms with Crippen LogP contribution >= 0.6 is 23.1 Å². The maximum Gasteiger partial charge on any atom is 0.410 e. The van der Waals surface area contributed by atoms with Crippen LogP contribution in [-0.2, 0) is 4.74 Å². The van der Waals surface area contributed by atoms with Crippen LogP contribution in [0.1, 0.15) is 44.1 Å². The number of hydrogen-bond acceptors (Lipinski definition) is 7. The molecule has 2 N–H and O–H groups in total. The van der Waals surface area contributed by atoms with E-state index >= 15 is 0 Å². The molecule has 1 saturated heterocycles. The summed E-state index contributed by atoms with van der Waals surface area (Å²) < 4.78 is 5.97. The van der Waals surface area contributed by atoms with Crippen LogP contribution in [0.5, 0.6) is 0 Å². The third-order valence-corrected chi connectivity index (χ3v) is 6.01. The highest BCUT2D eigenvalue weighted by Gasteiger charge is 2.37. The van der Waals surface area contributed by atoms with Gasteiger partial charge in [-0.05, 0) is 13.8 Å². The van der Waals surface area contributed by atoms with E-state index in [9.17, 15) is 14.7 Å². The van der Waals surface area contributed by atoms with E-state index < -0.39 is 11.6 Å². The number of ether oxygens (including phenoxy) is 1. The van der Waals surface area contributed by atoms with E-state index in [2.05, 4.69) is 16.8 Å². The molecule has 0 aromatic carbocycles. The lowest BCUT2D eigenvalue weighted by Gasteiger charge is -2.20. The highest BCUT2D eigenvalue weighted by molar-refractivity contribution is 8.01. The Morgan fingerprint density at radius 1 is 1.57 bits per heavy atom. The highest BCUT2D eigenvalue weighted by atomic mass is 32.2. The predicted molar refractivity (Wildman–Crippen MR) is 109 cm³/mol. The van der Waals surface area contributed by atoms with Crippen molar-refractivity contribution in [1.82, 2.24) is 9.88 Å². The molecule has 0 saturated carbocycles. The zero-order valence-electron chi connectivity index (χ0n) is 16.0. The average molecular weight is 425 g/mol. The number of carbonyl (C=O) groups excluding carboxylic acids is 1. The molecule has 3 atom stereocenters. The van der Waals surface area contributed by atoms with E-state index in [0.717, 1.165) is 0 Å². The Kier molecular flexibility index (Phi) is 7.92. The van der Waals surface area contributed by atoms with Crippen molar-refractivity contribution in [3.63, 3.8) is 0 Å². The van der Waals surface area contributed by atoms with Gasteiger partial charge in [-0.25, -0.2) is 14.6 Å². The van der Waals surface area contributed by atoms with Gasteiger partial charge in [0, 0.05) is 30.5 Å². The number of thiazole rings is 1. The Hall–Kier alpha value is -2.02. The van der Waals surface area contributed by atoms with Gasteiger partial charge in [-0.3, -0.25) is 4.90 Å². The number of aliphatic hydroxyl groups is 1. The number of amides is 1. The molecule has 2 rings (SSSR count). The van der Waals surface area contributed by atoms with Crippen LogP contribution in [0.3, 0.4) is 0 Å². The molecule has 28 heavy (non-hydrogen) atoms. The number of cyclic esters (lactones) is 1. The van der Waals surface area contributed by atoms with Crippen LogP contribution < -0.4 is 0 Å². The minimum atomic E-state index is -1.10. The van der Waals surface area contributed by atoms with Crippen LogP contribution in [0.4, 0.5) is 4.79 Å². The van der Waals surface area contributed by atoms with Gasteiger partial charge in [0.25, 0.3) is 0 Å². The molecular weight excluding hydrogens is 400 g/mol. The number of nitrogens with zero attached hydrogens (tertiary/aromatic N) is 2. The van der Waals surface area contributed by atoms with Crippen LogP contribution in [0.2, 0.25) is 0 Å². The van der Waals surface area contributed by atoms with Crippen molar-refractivity contribution in [3.05, 3.63) is 23.2 Å². The number of carbonyl (C=O) groups is 2. The zero-order valence-corrected chi connectivity index (χ0v) is 17.7. The third kappa shape index (κ3) is 6.26. The lowest BCUT2D eigenvalue weighted by Crippen LogP contribution is -2.36. The summed E-state index contributed by atoms with van der Waals surface area (Å²) in [6.07, 6.45) is 4.06. The predicted octanol–water partition coefficient (Wildman–Crippen LogP) is 3.25. The molecule has 1 aromatic rings. The van der Waals surface area contributed by atoms with Crippen molar-refractivity contribution in [1.29, 1.82) is 0 Å². The first-order chi connectivity index (χ1) is 13.2. The minimum Gasteiger partial charge on any atom is -0.476 e. The maximum absolute atomic E-state index is 12.1. The molecule has 1 amide bonds. The molecular formula is C19H24N2O5S2. The lowest BCUT2D eigenvalue weighted by atomic mass is 10.0. The molecule has 0 bridgehead atoms. The van der Waals surface area contributed by atoms with Crippen molar-refractivity contribution in [3.8, 4) is 11.8 Å². The number of thioether (sulfide) groups is 1. The Morgan fingerprint density at radius 3 is 2.96 bits per heavy atom. The lowest BCUT2D eigenvalue weighted by molar-refractivity contribution is 0.0690. The van der Waals surface area contributed by atoms with Crippen LogP contribution in [0, 0.1) is 11.8 Å². The van der Waals surface area contributed by atoms with Crippen LogP contribution in [-0.4, -0.2) is 62.2 Å². The number of rotatable bonds is 8. The maximum atomic E-state index is 12.1. The molecule has 9 heteroatoms. The van der Waals surface area contributed by atoms with Crippen molar-refractivity contribution in [2.75, 3.05) is 12.3 Å². The molecule has 1 aliphatic rings. The Balaban J connectivity index is 1.92. The summed E-state index contributed by atoms with van der Waals surface area (Å²) in [5, 5.41) is 20.6. The van der Waals surface area contributed by atoms with Gasteiger partial charge in [0.15, 0.2) is 10.0 Å². The number of aromatic carboxylic acids is 1. The van der Waals surface area contributed by atoms with E-state index in [-0.39, 0.29) is 23.9 Å². The van der Waals surface area contributed by atoms with Gasteiger partial charge in [-0.2, -0.15) is 0 Å². The standard InChI is InChI=1S/C19H24N2O5S2/c1-4-5-8-19(3,25)9-6-7-15-13(2)26-18(24)21(15)10-11-27-17-20-14(12-28-17)16(22)23/h6-7,12-13,15,25H,4,9-11H2,1-3H3,(H,22,23)/b7-6+/t13-,15-,19?/m0/s1. The first-order valence-corrected chi connectivity index (χ1v) is 10.8. The summed E-state index contributed by atoms with van der Waals surface area (Å²) >= 11 is 2.67. The van der Waals surface area contributed by atoms with Crippen molar-refractivity contribution >= 4 is 35.2 Å². The molecule has 2 heterocycles. The SMILES string of the molecule is CCC#CC(C)(O)C/C=C/[C@H]1[C@H](C)OC(=O)N1CCSc1nc(C(=O)O)cs1. The number of carboxylic acid groups (broad SMARTS) is 1. The quantitative estimate of drug-likeness (QED) is 0.375. The van der Waals surface area contributed by atoms with Crippen molar-refractivity contribution in [2.24, 2.45) is 0 Å². The Labute approximate surface area is 172 Å². The Morgan fingerprint density at radius 2 is 2.32 bits per heavy atom. The fourth-order valence-corrected chi connectivity index (χ4v) is 4.40. The second-order valence-electron chi connectivity index (χ2n) is 6.49. The van der Waals surface area contributed by atoms with Crippen LogP contribution in [0.15, 0.2) is 21.9 Å². The Bertz CT molecular complexity index is 794. The summed E-state index contributed by atoms with van der Waals surface area (Å²) in [5.74, 6) is 5.21. The molecule has 1 aromatic heterocycles. The van der Waals surface area contributed by atoms with E-state index in [4.69, 9.17) is 9.84 Å². The summed E-state index contributed by atoms with van der Waals surface area (Å²) in [7, 11) is 0. The molecule has 1 unspecified atom stereocenters. The summed E-state index contributed by atoms with van der Waals surface area (Å²) in [6, 6.07) is -0.228. The van der Waals surface area contributed by atoms with Gasteiger partial charge in [0.05, 0.1) is 6.04 Å². The monoisotopic (exact) mass is 424 g/mol. The van der Waals surface area contributed by atoms with Gasteiger partial charge in [-0.15, -0.1) is 17.3 Å². The number of carboxylic acids is 1. The largest absolute Gasteiger partial charge is 0.476 e. The van der Waals surface area contributed by atoms with Crippen molar-refractivity contribution < 1.29 is 24.5 Å². The highest BCUT2D eigenvalue weighted by Crippen LogP contribution is 2.26. The van der Waals surface area contributed by atoms with E-state index in [1.54, 1.807) is 11.8 Å². The molecule has 1 aliphatic heterocycles. The fraction of sp³-hybridized carbons (Fsp3) is 0.526. The fourth-order valence-electron chi connectivity index (χ4n) is 2.59. The molecule has 0 spiro atoms. The molecule has 152 valence electrons. The normalized spacial score (nSPS) is 21.3. The molecule has 7 nitrogen and oxygen atoms in total. The van der Waals surface area contributed by atoms with Gasteiger partial charge in [0.1, 0.15) is 11.7 Å². The topological polar surface area (TPSA) is 100.0 Å². The summed E-state index contributed by atoms with van der Waals surface area (Å²) in [6.45, 7) is 5.85. The zero-order chi connectivity index (χ0) is 20.7. The minimum absolute atomic E-state index is 0.0285. The second-order valence-corrected chi connectivity index (χ2v) is 8.69. The van der Waals surface area contributed by atoms with Gasteiger partial charge < -0.3 is 14.9 Å².